The third kappa shape index (κ3) is 5.83. The van der Waals surface area contributed by atoms with Gasteiger partial charge < -0.3 is 9.47 Å². The van der Waals surface area contributed by atoms with Gasteiger partial charge in [0.05, 0.1) is 25.5 Å². The summed E-state index contributed by atoms with van der Waals surface area (Å²) in [7, 11) is 0. The highest BCUT2D eigenvalue weighted by molar-refractivity contribution is 4.85. The maximum absolute atomic E-state index is 5.68. The fourth-order valence-electron chi connectivity index (χ4n) is 1.93. The van der Waals surface area contributed by atoms with Crippen molar-refractivity contribution in [3.63, 3.8) is 0 Å². The molecule has 96 valence electrons. The topological polar surface area (TPSA) is 30.5 Å². The second-order valence-corrected chi connectivity index (χ2v) is 5.05. The average molecular weight is 229 g/mol. The summed E-state index contributed by atoms with van der Waals surface area (Å²) in [6.07, 6.45) is 7.93. The first-order chi connectivity index (χ1) is 7.77. The molecule has 0 amide bonds. The first-order valence-electron chi connectivity index (χ1n) is 6.67. The van der Waals surface area contributed by atoms with E-state index in [0.29, 0.717) is 6.73 Å². The van der Waals surface area contributed by atoms with Gasteiger partial charge in [-0.25, -0.2) is 0 Å². The normalized spacial score (nSPS) is 25.1. The zero-order valence-electron chi connectivity index (χ0n) is 10.9. The van der Waals surface area contributed by atoms with Gasteiger partial charge in [-0.15, -0.1) is 0 Å². The average Bonchev–Trinajstić information content (AvgIpc) is 2.70. The van der Waals surface area contributed by atoms with E-state index in [1.807, 2.05) is 0 Å². The Balaban J connectivity index is 1.84. The molecule has 1 N–H and O–H groups in total. The van der Waals surface area contributed by atoms with Crippen LogP contribution in [0, 0.1) is 0 Å². The lowest BCUT2D eigenvalue weighted by atomic mass is 10.1. The van der Waals surface area contributed by atoms with Gasteiger partial charge in [0.25, 0.3) is 0 Å². The molecule has 1 aliphatic rings. The number of hydrogen-bond acceptors (Lipinski definition) is 3. The molecule has 1 rings (SSSR count). The van der Waals surface area contributed by atoms with Crippen LogP contribution in [0.15, 0.2) is 0 Å². The lowest BCUT2D eigenvalue weighted by Gasteiger charge is -2.21. The van der Waals surface area contributed by atoms with Crippen molar-refractivity contribution < 1.29 is 9.47 Å². The Kier molecular flexibility index (Phi) is 7.01. The zero-order chi connectivity index (χ0) is 11.7. The Morgan fingerprint density at radius 2 is 1.94 bits per heavy atom. The number of ether oxygens (including phenoxy) is 2. The van der Waals surface area contributed by atoms with Crippen LogP contribution in [0.2, 0.25) is 0 Å². The highest BCUT2D eigenvalue weighted by atomic mass is 16.5. The molecule has 1 saturated heterocycles. The Bertz CT molecular complexity index is 167. The van der Waals surface area contributed by atoms with Crippen LogP contribution in [0.5, 0.6) is 0 Å². The number of hydrogen-bond donors (Lipinski definition) is 1. The minimum absolute atomic E-state index is 0.0439. The van der Waals surface area contributed by atoms with Crippen molar-refractivity contribution in [3.8, 4) is 0 Å². The maximum Gasteiger partial charge on any atom is 0.0971 e. The van der Waals surface area contributed by atoms with Gasteiger partial charge in [0, 0.05) is 6.61 Å². The van der Waals surface area contributed by atoms with Crippen LogP contribution in [-0.4, -0.2) is 32.1 Å². The molecule has 0 aromatic carbocycles. The summed E-state index contributed by atoms with van der Waals surface area (Å²) in [4.78, 5) is 0. The fraction of sp³-hybridized carbons (Fsp3) is 1.00. The van der Waals surface area contributed by atoms with Crippen LogP contribution in [0.3, 0.4) is 0 Å². The Morgan fingerprint density at radius 1 is 1.19 bits per heavy atom. The quantitative estimate of drug-likeness (QED) is 0.617. The van der Waals surface area contributed by atoms with Gasteiger partial charge in [0.1, 0.15) is 0 Å². The summed E-state index contributed by atoms with van der Waals surface area (Å²) in [6, 6.07) is 0. The Labute approximate surface area is 99.9 Å². The van der Waals surface area contributed by atoms with Gasteiger partial charge >= 0.3 is 0 Å². The highest BCUT2D eigenvalue weighted by Crippen LogP contribution is 2.11. The van der Waals surface area contributed by atoms with Gasteiger partial charge in [-0.05, 0) is 13.3 Å². The van der Waals surface area contributed by atoms with E-state index in [1.165, 1.54) is 38.5 Å². The van der Waals surface area contributed by atoms with E-state index in [4.69, 9.17) is 9.47 Å². The molecule has 1 fully saturated rings. The van der Waals surface area contributed by atoms with Gasteiger partial charge in [-0.3, -0.25) is 5.32 Å². The Hall–Kier alpha value is -0.120. The summed E-state index contributed by atoms with van der Waals surface area (Å²) < 4.78 is 11.0. The minimum atomic E-state index is 0.0439. The number of nitrogens with one attached hydrogen (secondary N) is 1. The second kappa shape index (κ2) is 8.04. The van der Waals surface area contributed by atoms with Crippen LogP contribution in [0.4, 0.5) is 0 Å². The third-order valence-electron chi connectivity index (χ3n) is 3.08. The van der Waals surface area contributed by atoms with E-state index >= 15 is 0 Å². The molecule has 16 heavy (non-hydrogen) atoms. The first-order valence-corrected chi connectivity index (χ1v) is 6.67. The van der Waals surface area contributed by atoms with Gasteiger partial charge in [-0.1, -0.05) is 39.0 Å². The number of rotatable bonds is 9. The standard InChI is InChI=1S/C13H27NO2/c1-3-4-5-6-7-8-9-15-10-13(2)11-16-12-14-13/h14H,3-12H2,1-2H3. The van der Waals surface area contributed by atoms with E-state index in [2.05, 4.69) is 19.2 Å². The van der Waals surface area contributed by atoms with E-state index < -0.39 is 0 Å². The molecule has 0 bridgehead atoms. The van der Waals surface area contributed by atoms with Crippen molar-refractivity contribution in [2.45, 2.75) is 57.9 Å². The summed E-state index contributed by atoms with van der Waals surface area (Å²) in [6.45, 7) is 7.49. The molecule has 0 saturated carbocycles. The molecule has 3 heteroatoms. The molecule has 1 aliphatic heterocycles. The maximum atomic E-state index is 5.68. The highest BCUT2D eigenvalue weighted by Gasteiger charge is 2.28. The van der Waals surface area contributed by atoms with Crippen molar-refractivity contribution in [2.24, 2.45) is 0 Å². The molecular weight excluding hydrogens is 202 g/mol. The fourth-order valence-corrected chi connectivity index (χ4v) is 1.93. The van der Waals surface area contributed by atoms with E-state index in [-0.39, 0.29) is 5.54 Å². The molecule has 1 heterocycles. The molecule has 0 radical (unpaired) electrons. The van der Waals surface area contributed by atoms with Crippen LogP contribution in [0.1, 0.15) is 52.4 Å². The van der Waals surface area contributed by atoms with Gasteiger partial charge in [-0.2, -0.15) is 0 Å². The minimum Gasteiger partial charge on any atom is -0.379 e. The third-order valence-corrected chi connectivity index (χ3v) is 3.08. The Morgan fingerprint density at radius 3 is 2.62 bits per heavy atom. The molecule has 0 aliphatic carbocycles. The first kappa shape index (κ1) is 13.9. The van der Waals surface area contributed by atoms with E-state index in [1.54, 1.807) is 0 Å². The lowest BCUT2D eigenvalue weighted by molar-refractivity contribution is 0.0729. The van der Waals surface area contributed by atoms with Crippen LogP contribution in [0.25, 0.3) is 0 Å². The van der Waals surface area contributed by atoms with Gasteiger partial charge in [0.15, 0.2) is 0 Å². The molecule has 1 unspecified atom stereocenters. The summed E-state index contributed by atoms with van der Waals surface area (Å²) in [5.74, 6) is 0. The molecule has 0 aromatic heterocycles. The second-order valence-electron chi connectivity index (χ2n) is 5.05. The monoisotopic (exact) mass is 229 g/mol. The molecular formula is C13H27NO2. The summed E-state index contributed by atoms with van der Waals surface area (Å²) in [5.41, 5.74) is 0.0439. The van der Waals surface area contributed by atoms with Crippen molar-refractivity contribution in [2.75, 3.05) is 26.6 Å². The van der Waals surface area contributed by atoms with Crippen LogP contribution >= 0.6 is 0 Å². The van der Waals surface area contributed by atoms with Crippen molar-refractivity contribution >= 4 is 0 Å². The van der Waals surface area contributed by atoms with Crippen molar-refractivity contribution in [1.29, 1.82) is 0 Å². The summed E-state index contributed by atoms with van der Waals surface area (Å²) >= 11 is 0. The van der Waals surface area contributed by atoms with Crippen molar-refractivity contribution in [1.82, 2.24) is 5.32 Å². The number of unbranched alkanes of at least 4 members (excludes halogenated alkanes) is 5. The molecule has 1 atom stereocenters. The predicted molar refractivity (Wildman–Crippen MR) is 66.6 cm³/mol. The lowest BCUT2D eigenvalue weighted by Crippen LogP contribution is -2.43. The largest absolute Gasteiger partial charge is 0.379 e. The predicted octanol–water partition coefficient (Wildman–Crippen LogP) is 2.70. The van der Waals surface area contributed by atoms with E-state index in [9.17, 15) is 0 Å². The van der Waals surface area contributed by atoms with Crippen LogP contribution in [-0.2, 0) is 9.47 Å². The molecule has 3 nitrogen and oxygen atoms in total. The SMILES string of the molecule is CCCCCCCCOCC1(C)COCN1. The van der Waals surface area contributed by atoms with Crippen molar-refractivity contribution in [3.05, 3.63) is 0 Å². The summed E-state index contributed by atoms with van der Waals surface area (Å²) in [5, 5.41) is 3.30. The smallest absolute Gasteiger partial charge is 0.0971 e. The molecule has 0 spiro atoms. The van der Waals surface area contributed by atoms with Crippen LogP contribution < -0.4 is 5.32 Å². The van der Waals surface area contributed by atoms with E-state index in [0.717, 1.165) is 19.8 Å². The van der Waals surface area contributed by atoms with Gasteiger partial charge in [0.2, 0.25) is 0 Å². The molecule has 0 aromatic rings. The zero-order valence-corrected chi connectivity index (χ0v) is 10.9.